The Morgan fingerprint density at radius 2 is 2.13 bits per heavy atom. The average Bonchev–Trinajstić information content (AvgIpc) is 2.84. The summed E-state index contributed by atoms with van der Waals surface area (Å²) in [5.74, 6) is 0.680. The van der Waals surface area contributed by atoms with Crippen LogP contribution in [0.4, 0.5) is 0 Å². The fourth-order valence-electron chi connectivity index (χ4n) is 3.46. The van der Waals surface area contributed by atoms with E-state index < -0.39 is 9.84 Å². The van der Waals surface area contributed by atoms with Crippen LogP contribution in [-0.4, -0.2) is 77.8 Å². The molecule has 0 radical (unpaired) electrons. The molecule has 0 spiro atoms. The molecule has 1 aromatic rings. The molecule has 23 heavy (non-hydrogen) atoms. The maximum atomic E-state index is 12.3. The van der Waals surface area contributed by atoms with Crippen LogP contribution in [0.2, 0.25) is 0 Å². The number of fused-ring (bicyclic) bond motifs is 1. The van der Waals surface area contributed by atoms with Crippen LogP contribution in [0.25, 0.3) is 0 Å². The summed E-state index contributed by atoms with van der Waals surface area (Å²) in [7, 11) is -3.09. The summed E-state index contributed by atoms with van der Waals surface area (Å²) in [6.07, 6.45) is 5.43. The second-order valence-corrected chi connectivity index (χ2v) is 9.08. The molecule has 126 valence electrons. The van der Waals surface area contributed by atoms with E-state index in [2.05, 4.69) is 9.88 Å². The van der Waals surface area contributed by atoms with Crippen LogP contribution in [0.1, 0.15) is 5.56 Å². The molecule has 3 heterocycles. The molecule has 2 atom stereocenters. The molecule has 2 fully saturated rings. The van der Waals surface area contributed by atoms with Gasteiger partial charge in [0.15, 0.2) is 9.84 Å². The zero-order valence-corrected chi connectivity index (χ0v) is 14.7. The monoisotopic (exact) mass is 355 g/mol. The maximum absolute atomic E-state index is 12.3. The Balaban J connectivity index is 1.79. The topological polar surface area (TPSA) is 70.6 Å². The Bertz CT molecular complexity index is 666. The van der Waals surface area contributed by atoms with Gasteiger partial charge in [0.05, 0.1) is 23.3 Å². The fourth-order valence-corrected chi connectivity index (χ4v) is 5.89. The van der Waals surface area contributed by atoms with Gasteiger partial charge < -0.3 is 4.90 Å². The van der Waals surface area contributed by atoms with Crippen LogP contribution in [-0.2, 0) is 21.2 Å². The highest BCUT2D eigenvalue weighted by molar-refractivity contribution is 7.99. The largest absolute Gasteiger partial charge is 0.335 e. The SMILES string of the molecule is CSCC(=O)N1CCN(Cc2cccnc2)[C@@H]2CS(=O)(=O)C[C@@H]21. The normalized spacial score (nSPS) is 26.9. The number of thioether (sulfide) groups is 1. The van der Waals surface area contributed by atoms with Crippen molar-refractivity contribution in [3.8, 4) is 0 Å². The number of nitrogens with zero attached hydrogens (tertiary/aromatic N) is 3. The molecule has 0 N–H and O–H groups in total. The third-order valence-corrected chi connectivity index (χ3v) is 6.72. The predicted molar refractivity (Wildman–Crippen MR) is 91.0 cm³/mol. The summed E-state index contributed by atoms with van der Waals surface area (Å²) in [6, 6.07) is 3.55. The van der Waals surface area contributed by atoms with Crippen LogP contribution in [0.3, 0.4) is 0 Å². The van der Waals surface area contributed by atoms with Crippen LogP contribution in [0, 0.1) is 0 Å². The number of amides is 1. The first kappa shape index (κ1) is 16.7. The van der Waals surface area contributed by atoms with Crippen LogP contribution < -0.4 is 0 Å². The molecule has 1 aromatic heterocycles. The van der Waals surface area contributed by atoms with Gasteiger partial charge in [-0.2, -0.15) is 11.8 Å². The van der Waals surface area contributed by atoms with E-state index in [0.717, 1.165) is 5.56 Å². The number of piperazine rings is 1. The lowest BCUT2D eigenvalue weighted by Crippen LogP contribution is -2.60. The molecule has 2 saturated heterocycles. The van der Waals surface area contributed by atoms with Gasteiger partial charge in [-0.1, -0.05) is 6.07 Å². The quantitative estimate of drug-likeness (QED) is 0.771. The van der Waals surface area contributed by atoms with Crippen molar-refractivity contribution < 1.29 is 13.2 Å². The molecular formula is C15H21N3O3S2. The fraction of sp³-hybridized carbons (Fsp3) is 0.600. The lowest BCUT2D eigenvalue weighted by molar-refractivity contribution is -0.134. The molecule has 0 aliphatic carbocycles. The Kier molecular flexibility index (Phi) is 4.93. The van der Waals surface area contributed by atoms with Gasteiger partial charge >= 0.3 is 0 Å². The van der Waals surface area contributed by atoms with Gasteiger partial charge in [-0.15, -0.1) is 0 Å². The van der Waals surface area contributed by atoms with E-state index in [1.165, 1.54) is 11.8 Å². The Hall–Kier alpha value is -1.12. The van der Waals surface area contributed by atoms with Gasteiger partial charge in [0, 0.05) is 38.1 Å². The molecular weight excluding hydrogens is 334 g/mol. The van der Waals surface area contributed by atoms with Crippen LogP contribution in [0.5, 0.6) is 0 Å². The highest BCUT2D eigenvalue weighted by atomic mass is 32.2. The number of aromatic nitrogens is 1. The Morgan fingerprint density at radius 1 is 1.35 bits per heavy atom. The number of rotatable bonds is 4. The van der Waals surface area contributed by atoms with Crippen molar-refractivity contribution >= 4 is 27.5 Å². The first-order chi connectivity index (χ1) is 11.0. The zero-order chi connectivity index (χ0) is 16.4. The Labute approximate surface area is 141 Å². The molecule has 1 amide bonds. The standard InChI is InChI=1S/C15H21N3O3S2/c1-22-9-15(19)18-6-5-17(8-12-3-2-4-16-7-12)13-10-23(20,21)11-14(13)18/h2-4,7,13-14H,5-6,8-11H2,1H3/t13-,14+/m1/s1. The van der Waals surface area contributed by atoms with Gasteiger partial charge in [0.2, 0.25) is 5.91 Å². The van der Waals surface area contributed by atoms with Crippen LogP contribution in [0.15, 0.2) is 24.5 Å². The predicted octanol–water partition coefficient (Wildman–Crippen LogP) is 0.254. The van der Waals surface area contributed by atoms with E-state index in [1.54, 1.807) is 11.1 Å². The van der Waals surface area contributed by atoms with E-state index in [-0.39, 0.29) is 29.5 Å². The van der Waals surface area contributed by atoms with E-state index in [9.17, 15) is 13.2 Å². The highest BCUT2D eigenvalue weighted by Gasteiger charge is 2.47. The third kappa shape index (κ3) is 3.70. The van der Waals surface area contributed by atoms with E-state index >= 15 is 0 Å². The third-order valence-electron chi connectivity index (χ3n) is 4.49. The lowest BCUT2D eigenvalue weighted by Gasteiger charge is -2.44. The van der Waals surface area contributed by atoms with Crippen molar-refractivity contribution in [2.45, 2.75) is 18.6 Å². The highest BCUT2D eigenvalue weighted by Crippen LogP contribution is 2.28. The molecule has 0 aromatic carbocycles. The number of hydrogen-bond donors (Lipinski definition) is 0. The van der Waals surface area contributed by atoms with Gasteiger partial charge in [-0.3, -0.25) is 14.7 Å². The number of carbonyl (C=O) groups is 1. The summed E-state index contributed by atoms with van der Waals surface area (Å²) >= 11 is 1.48. The molecule has 3 rings (SSSR count). The van der Waals surface area contributed by atoms with Crippen molar-refractivity contribution in [2.75, 3.05) is 36.6 Å². The molecule has 0 unspecified atom stereocenters. The summed E-state index contributed by atoms with van der Waals surface area (Å²) in [5.41, 5.74) is 1.07. The molecule has 6 nitrogen and oxygen atoms in total. The summed E-state index contributed by atoms with van der Waals surface area (Å²) in [5, 5.41) is 0. The number of pyridine rings is 1. The minimum Gasteiger partial charge on any atom is -0.335 e. The smallest absolute Gasteiger partial charge is 0.232 e. The molecule has 2 aliphatic rings. The number of carbonyl (C=O) groups excluding carboxylic acids is 1. The summed E-state index contributed by atoms with van der Waals surface area (Å²) in [6.45, 7) is 1.97. The van der Waals surface area contributed by atoms with Crippen molar-refractivity contribution in [1.82, 2.24) is 14.8 Å². The second-order valence-electron chi connectivity index (χ2n) is 6.06. The molecule has 8 heteroatoms. The molecule has 0 saturated carbocycles. The van der Waals surface area contributed by atoms with Crippen molar-refractivity contribution in [3.63, 3.8) is 0 Å². The van der Waals surface area contributed by atoms with Gasteiger partial charge in [-0.05, 0) is 17.9 Å². The van der Waals surface area contributed by atoms with Crippen molar-refractivity contribution in [2.24, 2.45) is 0 Å². The van der Waals surface area contributed by atoms with E-state index in [4.69, 9.17) is 0 Å². The maximum Gasteiger partial charge on any atom is 0.232 e. The zero-order valence-electron chi connectivity index (χ0n) is 13.1. The van der Waals surface area contributed by atoms with Gasteiger partial charge in [-0.25, -0.2) is 8.42 Å². The van der Waals surface area contributed by atoms with Crippen molar-refractivity contribution in [1.29, 1.82) is 0 Å². The second kappa shape index (κ2) is 6.78. The average molecular weight is 355 g/mol. The van der Waals surface area contributed by atoms with E-state index in [0.29, 0.717) is 25.4 Å². The minimum atomic E-state index is -3.09. The minimum absolute atomic E-state index is 0.0469. The summed E-state index contributed by atoms with van der Waals surface area (Å²) < 4.78 is 24.3. The lowest BCUT2D eigenvalue weighted by atomic mass is 10.0. The summed E-state index contributed by atoms with van der Waals surface area (Å²) in [4.78, 5) is 20.4. The van der Waals surface area contributed by atoms with Gasteiger partial charge in [0.1, 0.15) is 0 Å². The van der Waals surface area contributed by atoms with E-state index in [1.807, 2.05) is 24.6 Å². The molecule has 2 aliphatic heterocycles. The van der Waals surface area contributed by atoms with Crippen molar-refractivity contribution in [3.05, 3.63) is 30.1 Å². The first-order valence-electron chi connectivity index (χ1n) is 7.62. The number of sulfone groups is 1. The van der Waals surface area contributed by atoms with Gasteiger partial charge in [0.25, 0.3) is 0 Å². The van der Waals surface area contributed by atoms with Crippen LogP contribution >= 0.6 is 11.8 Å². The Morgan fingerprint density at radius 3 is 2.83 bits per heavy atom. The first-order valence-corrected chi connectivity index (χ1v) is 10.8. The molecule has 0 bridgehead atoms. The number of hydrogen-bond acceptors (Lipinski definition) is 6.